The molecule has 1 N–H and O–H groups in total. The van der Waals surface area contributed by atoms with Crippen molar-refractivity contribution in [2.45, 2.75) is 12.1 Å². The van der Waals surface area contributed by atoms with Crippen LogP contribution in [-0.2, 0) is 14.8 Å². The van der Waals surface area contributed by atoms with Gasteiger partial charge in [0, 0.05) is 0 Å². The number of nitrogens with one attached hydrogen (secondary N) is 1. The van der Waals surface area contributed by atoms with Gasteiger partial charge < -0.3 is 0 Å². The normalized spacial score (nSPS) is 19.6. The molecule has 1 aliphatic rings. The number of allylic oxidation sites excluding steroid dienone is 2. The third-order valence-electron chi connectivity index (χ3n) is 1.65. The van der Waals surface area contributed by atoms with Crippen LogP contribution in [0.1, 0.15) is 6.92 Å². The van der Waals surface area contributed by atoms with Crippen molar-refractivity contribution >= 4 is 30.8 Å². The number of sulfonamides is 1. The average molecular weight is 304 g/mol. The topological polar surface area (TPSA) is 112 Å². The van der Waals surface area contributed by atoms with E-state index in [4.69, 9.17) is 5.53 Å². The number of amides is 1. The van der Waals surface area contributed by atoms with E-state index in [2.05, 4.69) is 13.7 Å². The summed E-state index contributed by atoms with van der Waals surface area (Å²) in [5, 5.41) is 0.499. The van der Waals surface area contributed by atoms with Gasteiger partial charge in [-0.25, -0.2) is 0 Å². The van der Waals surface area contributed by atoms with E-state index in [9.17, 15) is 13.2 Å². The van der Waals surface area contributed by atoms with Crippen molar-refractivity contribution in [1.29, 1.82) is 0 Å². The molecule has 1 heterocycles. The molecule has 0 bridgehead atoms. The van der Waals surface area contributed by atoms with Gasteiger partial charge in [0.25, 0.3) is 0 Å². The molecular formula is C7H9AsN4O3S. The molecule has 0 aliphatic carbocycles. The van der Waals surface area contributed by atoms with Gasteiger partial charge in [-0.3, -0.25) is 0 Å². The van der Waals surface area contributed by atoms with Crippen LogP contribution in [0.2, 0.25) is 5.21 Å². The Morgan fingerprint density at radius 2 is 2.38 bits per heavy atom. The second-order valence-corrected chi connectivity index (χ2v) is 8.31. The van der Waals surface area contributed by atoms with E-state index >= 15 is 0 Å². The Balaban J connectivity index is 2.79. The molecule has 0 aromatic rings. The molecular weight excluding hydrogens is 295 g/mol. The zero-order valence-corrected chi connectivity index (χ0v) is 11.1. The SMILES string of the molecule is CC(=O)N[As]1C=CC(S(=O)(=O)N=[N+]=[N-])=CC1. The van der Waals surface area contributed by atoms with Crippen LogP contribution in [0, 0.1) is 0 Å². The fourth-order valence-corrected chi connectivity index (χ4v) is 5.26. The van der Waals surface area contributed by atoms with E-state index < -0.39 is 24.9 Å². The summed E-state index contributed by atoms with van der Waals surface area (Å²) in [7, 11) is -3.89. The Bertz CT molecular complexity index is 504. The van der Waals surface area contributed by atoms with Gasteiger partial charge in [0.15, 0.2) is 0 Å². The van der Waals surface area contributed by atoms with Crippen molar-refractivity contribution in [3.63, 3.8) is 0 Å². The third kappa shape index (κ3) is 3.41. The summed E-state index contributed by atoms with van der Waals surface area (Å²) in [6, 6.07) is 0. The molecule has 0 saturated carbocycles. The van der Waals surface area contributed by atoms with Gasteiger partial charge in [0.05, 0.1) is 0 Å². The Hall–Kier alpha value is -1.23. The summed E-state index contributed by atoms with van der Waals surface area (Å²) in [4.78, 5) is 14.7. The molecule has 86 valence electrons. The summed E-state index contributed by atoms with van der Waals surface area (Å²) in [5.41, 5.74) is 8.08. The summed E-state index contributed by atoms with van der Waals surface area (Å²) in [6.07, 6.45) is 2.85. The molecule has 0 radical (unpaired) electrons. The first-order valence-corrected chi connectivity index (χ1v) is 8.98. The van der Waals surface area contributed by atoms with Crippen molar-refractivity contribution in [2.75, 3.05) is 0 Å². The molecule has 9 heteroatoms. The van der Waals surface area contributed by atoms with E-state index in [1.165, 1.54) is 19.1 Å². The zero-order valence-electron chi connectivity index (χ0n) is 8.36. The van der Waals surface area contributed by atoms with Gasteiger partial charge in [0.1, 0.15) is 0 Å². The van der Waals surface area contributed by atoms with Crippen LogP contribution in [0.5, 0.6) is 0 Å². The molecule has 1 amide bonds. The van der Waals surface area contributed by atoms with Crippen LogP contribution in [0.25, 0.3) is 10.4 Å². The Kier molecular flexibility index (Phi) is 4.18. The summed E-state index contributed by atoms with van der Waals surface area (Å²) in [5.74, 6) is -0.126. The summed E-state index contributed by atoms with van der Waals surface area (Å²) in [6.45, 7) is 1.42. The molecule has 1 unspecified atom stereocenters. The summed E-state index contributed by atoms with van der Waals surface area (Å²) < 4.78 is 28.1. The van der Waals surface area contributed by atoms with E-state index in [1.54, 1.807) is 4.86 Å². The minimum atomic E-state index is -3.89. The number of rotatable bonds is 3. The Morgan fingerprint density at radius 1 is 1.69 bits per heavy atom. The van der Waals surface area contributed by atoms with Crippen molar-refractivity contribution in [3.8, 4) is 0 Å². The van der Waals surface area contributed by atoms with Gasteiger partial charge >= 0.3 is 97.3 Å². The minimum absolute atomic E-state index is 0.0127. The van der Waals surface area contributed by atoms with Gasteiger partial charge in [-0.2, -0.15) is 0 Å². The van der Waals surface area contributed by atoms with Crippen LogP contribution in [0.4, 0.5) is 0 Å². The molecule has 7 nitrogen and oxygen atoms in total. The first-order chi connectivity index (χ1) is 7.45. The quantitative estimate of drug-likeness (QED) is 0.359. The van der Waals surface area contributed by atoms with Gasteiger partial charge in [0.2, 0.25) is 0 Å². The number of azide groups is 1. The van der Waals surface area contributed by atoms with Crippen LogP contribution in [-0.4, -0.2) is 29.2 Å². The first kappa shape index (κ1) is 12.8. The third-order valence-corrected chi connectivity index (χ3v) is 6.38. The number of nitrogens with zero attached hydrogens (tertiary/aromatic N) is 3. The van der Waals surface area contributed by atoms with Crippen molar-refractivity contribution in [1.82, 2.24) is 4.23 Å². The van der Waals surface area contributed by atoms with Crippen LogP contribution in [0.15, 0.2) is 26.4 Å². The van der Waals surface area contributed by atoms with E-state index in [1.807, 2.05) is 0 Å². The van der Waals surface area contributed by atoms with Crippen molar-refractivity contribution < 1.29 is 13.2 Å². The molecule has 0 spiro atoms. The predicted molar refractivity (Wildman–Crippen MR) is 59.7 cm³/mol. The van der Waals surface area contributed by atoms with Gasteiger partial charge in [-0.1, -0.05) is 0 Å². The maximum atomic E-state index is 11.3. The summed E-state index contributed by atoms with van der Waals surface area (Å²) >= 11 is -1.64. The molecule has 1 aliphatic heterocycles. The molecule has 1 rings (SSSR count). The zero-order chi connectivity index (χ0) is 12.2. The second-order valence-electron chi connectivity index (χ2n) is 2.89. The second kappa shape index (κ2) is 5.20. The van der Waals surface area contributed by atoms with Gasteiger partial charge in [-0.15, -0.1) is 0 Å². The first-order valence-electron chi connectivity index (χ1n) is 4.19. The van der Waals surface area contributed by atoms with E-state index in [0.29, 0.717) is 5.21 Å². The standard InChI is InChI=1S/C7H9AsN4O3S/c1-6(13)10-8-4-2-7(3-5-8)16(14,15)12-11-9/h2-4H,5H2,1H3,(H,10,13). The number of hydrogen-bond acceptors (Lipinski definition) is 3. The van der Waals surface area contributed by atoms with Crippen molar-refractivity contribution in [3.05, 3.63) is 32.4 Å². The number of carbonyl (C=O) groups excluding carboxylic acids is 1. The van der Waals surface area contributed by atoms with E-state index in [-0.39, 0.29) is 10.8 Å². The van der Waals surface area contributed by atoms with E-state index in [0.717, 1.165) is 0 Å². The molecule has 0 aromatic heterocycles. The molecule has 0 saturated heterocycles. The predicted octanol–water partition coefficient (Wildman–Crippen LogP) is 0.747. The number of hydrogen-bond donors (Lipinski definition) is 1. The molecule has 1 atom stereocenters. The Labute approximate surface area is 97.4 Å². The Morgan fingerprint density at radius 3 is 2.81 bits per heavy atom. The maximum absolute atomic E-state index is 11.3. The van der Waals surface area contributed by atoms with Gasteiger partial charge in [-0.05, 0) is 0 Å². The molecule has 0 fully saturated rings. The average Bonchev–Trinajstić information content (AvgIpc) is 2.17. The molecule has 0 aromatic carbocycles. The fraction of sp³-hybridized carbons (Fsp3) is 0.286. The van der Waals surface area contributed by atoms with Crippen LogP contribution >= 0.6 is 0 Å². The number of carbonyl (C=O) groups is 1. The van der Waals surface area contributed by atoms with Crippen LogP contribution in [0.3, 0.4) is 0 Å². The monoisotopic (exact) mass is 304 g/mol. The molecule has 16 heavy (non-hydrogen) atoms. The van der Waals surface area contributed by atoms with Crippen LogP contribution < -0.4 is 4.23 Å². The van der Waals surface area contributed by atoms with Crippen molar-refractivity contribution in [2.24, 2.45) is 4.52 Å². The fourth-order valence-electron chi connectivity index (χ4n) is 1.05.